The summed E-state index contributed by atoms with van der Waals surface area (Å²) in [6.45, 7) is 5.96. The van der Waals surface area contributed by atoms with E-state index in [1.54, 1.807) is 6.92 Å². The zero-order chi connectivity index (χ0) is 17.0. The number of rotatable bonds is 5. The molecule has 2 aromatic rings. The molecule has 0 saturated carbocycles. The molecule has 0 aliphatic carbocycles. The molecule has 0 aliphatic heterocycles. The number of amides is 1. The standard InChI is InChI=1S/C17H21N3O2S/c1-11(2)13-5-7-14(8-6-13)19-15(21)10-20-16(22)9-12(3)18-17(20)23-4/h5-9,11H,10H2,1-4H3,(H,19,21). The molecule has 0 fully saturated rings. The topological polar surface area (TPSA) is 64.0 Å². The molecule has 0 aliphatic rings. The van der Waals surface area contributed by atoms with Crippen LogP contribution in [0.15, 0.2) is 40.3 Å². The number of carbonyl (C=O) groups is 1. The smallest absolute Gasteiger partial charge is 0.254 e. The molecule has 23 heavy (non-hydrogen) atoms. The van der Waals surface area contributed by atoms with Crippen LogP contribution in [-0.4, -0.2) is 21.7 Å². The maximum absolute atomic E-state index is 12.2. The van der Waals surface area contributed by atoms with Crippen molar-refractivity contribution in [2.24, 2.45) is 0 Å². The lowest BCUT2D eigenvalue weighted by Crippen LogP contribution is -2.29. The molecule has 1 amide bonds. The summed E-state index contributed by atoms with van der Waals surface area (Å²) >= 11 is 1.35. The highest BCUT2D eigenvalue weighted by Gasteiger charge is 2.11. The van der Waals surface area contributed by atoms with E-state index >= 15 is 0 Å². The minimum Gasteiger partial charge on any atom is -0.325 e. The highest BCUT2D eigenvalue weighted by molar-refractivity contribution is 7.98. The number of benzene rings is 1. The van der Waals surface area contributed by atoms with Crippen molar-refractivity contribution in [2.45, 2.75) is 38.4 Å². The lowest BCUT2D eigenvalue weighted by molar-refractivity contribution is -0.116. The van der Waals surface area contributed by atoms with E-state index in [-0.39, 0.29) is 18.0 Å². The van der Waals surface area contributed by atoms with Gasteiger partial charge < -0.3 is 5.32 Å². The number of carbonyl (C=O) groups excluding carboxylic acids is 1. The first kappa shape index (κ1) is 17.3. The predicted octanol–water partition coefficient (Wildman–Crippen LogP) is 3.04. The van der Waals surface area contributed by atoms with Crippen LogP contribution in [-0.2, 0) is 11.3 Å². The molecule has 0 saturated heterocycles. The number of nitrogens with one attached hydrogen (secondary N) is 1. The number of anilines is 1. The van der Waals surface area contributed by atoms with Crippen LogP contribution >= 0.6 is 11.8 Å². The van der Waals surface area contributed by atoms with E-state index < -0.39 is 0 Å². The fourth-order valence-electron chi connectivity index (χ4n) is 2.19. The molecular formula is C17H21N3O2S. The van der Waals surface area contributed by atoms with Gasteiger partial charge in [0.2, 0.25) is 5.91 Å². The normalized spacial score (nSPS) is 10.8. The van der Waals surface area contributed by atoms with Gasteiger partial charge in [0.15, 0.2) is 5.16 Å². The van der Waals surface area contributed by atoms with Gasteiger partial charge in [-0.3, -0.25) is 14.2 Å². The quantitative estimate of drug-likeness (QED) is 0.676. The Kier molecular flexibility index (Phi) is 5.60. The van der Waals surface area contributed by atoms with Gasteiger partial charge >= 0.3 is 0 Å². The van der Waals surface area contributed by atoms with Gasteiger partial charge in [-0.1, -0.05) is 37.7 Å². The second-order valence-electron chi connectivity index (χ2n) is 5.63. The molecular weight excluding hydrogens is 310 g/mol. The molecule has 1 aromatic carbocycles. The third kappa shape index (κ3) is 4.45. The van der Waals surface area contributed by atoms with Crippen LogP contribution in [0.5, 0.6) is 0 Å². The van der Waals surface area contributed by atoms with Crippen molar-refractivity contribution in [3.63, 3.8) is 0 Å². The van der Waals surface area contributed by atoms with Crippen molar-refractivity contribution in [3.8, 4) is 0 Å². The summed E-state index contributed by atoms with van der Waals surface area (Å²) in [6, 6.07) is 9.17. The van der Waals surface area contributed by atoms with Crippen LogP contribution in [0.25, 0.3) is 0 Å². The maximum Gasteiger partial charge on any atom is 0.254 e. The average Bonchev–Trinajstić information content (AvgIpc) is 2.50. The summed E-state index contributed by atoms with van der Waals surface area (Å²) in [5, 5.41) is 3.36. The molecule has 1 heterocycles. The molecule has 122 valence electrons. The van der Waals surface area contributed by atoms with Crippen LogP contribution < -0.4 is 10.9 Å². The Bertz CT molecular complexity index is 751. The fourth-order valence-corrected chi connectivity index (χ4v) is 2.80. The second-order valence-corrected chi connectivity index (χ2v) is 6.41. The first-order valence-corrected chi connectivity index (χ1v) is 8.65. The first-order chi connectivity index (χ1) is 10.9. The summed E-state index contributed by atoms with van der Waals surface area (Å²) in [4.78, 5) is 28.5. The second kappa shape index (κ2) is 7.46. The molecule has 0 unspecified atom stereocenters. The summed E-state index contributed by atoms with van der Waals surface area (Å²) in [6.07, 6.45) is 1.83. The molecule has 1 aromatic heterocycles. The molecule has 0 bridgehead atoms. The Morgan fingerprint density at radius 3 is 2.52 bits per heavy atom. The van der Waals surface area contributed by atoms with Crippen molar-refractivity contribution in [2.75, 3.05) is 11.6 Å². The minimum atomic E-state index is -0.245. The zero-order valence-electron chi connectivity index (χ0n) is 13.8. The van der Waals surface area contributed by atoms with Crippen LogP contribution in [0.4, 0.5) is 5.69 Å². The predicted molar refractivity (Wildman–Crippen MR) is 94.2 cm³/mol. The van der Waals surface area contributed by atoms with Gasteiger partial charge in [0, 0.05) is 17.4 Å². The number of aromatic nitrogens is 2. The molecule has 0 spiro atoms. The lowest BCUT2D eigenvalue weighted by atomic mass is 10.0. The van der Waals surface area contributed by atoms with Crippen molar-refractivity contribution in [3.05, 3.63) is 51.9 Å². The van der Waals surface area contributed by atoms with Gasteiger partial charge in [0.05, 0.1) is 0 Å². The number of thioether (sulfide) groups is 1. The Balaban J connectivity index is 2.12. The molecule has 6 heteroatoms. The molecule has 1 N–H and O–H groups in total. The average molecular weight is 331 g/mol. The van der Waals surface area contributed by atoms with Crippen LogP contribution in [0.2, 0.25) is 0 Å². The number of hydrogen-bond acceptors (Lipinski definition) is 4. The summed E-state index contributed by atoms with van der Waals surface area (Å²) < 4.78 is 1.38. The Morgan fingerprint density at radius 2 is 1.96 bits per heavy atom. The summed E-state index contributed by atoms with van der Waals surface area (Å²) in [5.41, 5.74) is 2.37. The number of hydrogen-bond donors (Lipinski definition) is 1. The largest absolute Gasteiger partial charge is 0.325 e. The third-order valence-corrected chi connectivity index (χ3v) is 4.12. The van der Waals surface area contributed by atoms with E-state index in [0.717, 1.165) is 5.69 Å². The van der Waals surface area contributed by atoms with Gasteiger partial charge in [-0.25, -0.2) is 4.98 Å². The van der Waals surface area contributed by atoms with E-state index in [0.29, 0.717) is 16.8 Å². The monoisotopic (exact) mass is 331 g/mol. The third-order valence-electron chi connectivity index (χ3n) is 3.45. The molecule has 2 rings (SSSR count). The SMILES string of the molecule is CSc1nc(C)cc(=O)n1CC(=O)Nc1ccc(C(C)C)cc1. The van der Waals surface area contributed by atoms with Gasteiger partial charge in [0.1, 0.15) is 6.54 Å². The van der Waals surface area contributed by atoms with Gasteiger partial charge in [-0.05, 0) is 36.8 Å². The Hall–Kier alpha value is -2.08. The number of nitrogens with zero attached hydrogens (tertiary/aromatic N) is 2. The Labute approximate surface area is 140 Å². The minimum absolute atomic E-state index is 0.0474. The van der Waals surface area contributed by atoms with Crippen LogP contribution in [0.3, 0.4) is 0 Å². The van der Waals surface area contributed by atoms with E-state index in [1.807, 2.05) is 30.5 Å². The van der Waals surface area contributed by atoms with E-state index in [2.05, 4.69) is 24.1 Å². The van der Waals surface area contributed by atoms with Crippen molar-refractivity contribution in [1.29, 1.82) is 0 Å². The molecule has 0 atom stereocenters. The van der Waals surface area contributed by atoms with Gasteiger partial charge in [0.25, 0.3) is 5.56 Å². The fraction of sp³-hybridized carbons (Fsp3) is 0.353. The summed E-state index contributed by atoms with van der Waals surface area (Å²) in [5.74, 6) is 0.200. The molecule has 0 radical (unpaired) electrons. The summed E-state index contributed by atoms with van der Waals surface area (Å²) in [7, 11) is 0. The molecule has 5 nitrogen and oxygen atoms in total. The highest BCUT2D eigenvalue weighted by atomic mass is 32.2. The highest BCUT2D eigenvalue weighted by Crippen LogP contribution is 2.17. The Morgan fingerprint density at radius 1 is 1.30 bits per heavy atom. The van der Waals surface area contributed by atoms with Crippen molar-refractivity contribution >= 4 is 23.4 Å². The van der Waals surface area contributed by atoms with Gasteiger partial charge in [-0.2, -0.15) is 0 Å². The van der Waals surface area contributed by atoms with Crippen LogP contribution in [0.1, 0.15) is 31.0 Å². The number of aryl methyl sites for hydroxylation is 1. The van der Waals surface area contributed by atoms with E-state index in [1.165, 1.54) is 28.0 Å². The van der Waals surface area contributed by atoms with E-state index in [4.69, 9.17) is 0 Å². The van der Waals surface area contributed by atoms with Gasteiger partial charge in [-0.15, -0.1) is 0 Å². The van der Waals surface area contributed by atoms with Crippen LogP contribution in [0, 0.1) is 6.92 Å². The zero-order valence-corrected chi connectivity index (χ0v) is 14.6. The van der Waals surface area contributed by atoms with Crippen molar-refractivity contribution < 1.29 is 4.79 Å². The first-order valence-electron chi connectivity index (χ1n) is 7.43. The lowest BCUT2D eigenvalue weighted by Gasteiger charge is -2.12. The maximum atomic E-state index is 12.2. The van der Waals surface area contributed by atoms with Crippen molar-refractivity contribution in [1.82, 2.24) is 9.55 Å². The van der Waals surface area contributed by atoms with E-state index in [9.17, 15) is 9.59 Å².